The number of nitrogens with zero attached hydrogens (tertiary/aromatic N) is 1. The maximum Gasteiger partial charge on any atom is 0.243 e. The fourth-order valence-electron chi connectivity index (χ4n) is 6.01. The number of hydrogen-bond donors (Lipinski definition) is 1. The van der Waals surface area contributed by atoms with E-state index in [1.165, 1.54) is 23.6 Å². The summed E-state index contributed by atoms with van der Waals surface area (Å²) in [6.07, 6.45) is 6.67. The molecule has 4 saturated carbocycles. The molecule has 4 fully saturated rings. The molecule has 1 aromatic carbocycles. The Kier molecular flexibility index (Phi) is 5.40. The van der Waals surface area contributed by atoms with Crippen molar-refractivity contribution in [2.45, 2.75) is 74.2 Å². The molecule has 1 amide bonds. The van der Waals surface area contributed by atoms with Crippen LogP contribution in [0, 0.1) is 17.3 Å². The molecule has 0 aromatic heterocycles. The summed E-state index contributed by atoms with van der Waals surface area (Å²) in [7, 11) is -1.89. The van der Waals surface area contributed by atoms with E-state index in [9.17, 15) is 13.2 Å². The zero-order valence-electron chi connectivity index (χ0n) is 17.4. The van der Waals surface area contributed by atoms with Crippen LogP contribution in [0.15, 0.2) is 29.2 Å². The molecular formula is C22H31BrN2O3S. The molecule has 0 saturated heterocycles. The summed E-state index contributed by atoms with van der Waals surface area (Å²) >= 11 is 3.96. The zero-order valence-corrected chi connectivity index (χ0v) is 19.9. The number of hydrogen-bond acceptors (Lipinski definition) is 3. The van der Waals surface area contributed by atoms with Crippen LogP contribution in [0.2, 0.25) is 0 Å². The van der Waals surface area contributed by atoms with Gasteiger partial charge in [0.2, 0.25) is 15.9 Å². The summed E-state index contributed by atoms with van der Waals surface area (Å²) in [6.45, 7) is 4.14. The van der Waals surface area contributed by atoms with Crippen LogP contribution >= 0.6 is 15.9 Å². The first-order valence-corrected chi connectivity index (χ1v) is 12.8. The van der Waals surface area contributed by atoms with Crippen LogP contribution in [-0.4, -0.2) is 36.0 Å². The van der Waals surface area contributed by atoms with E-state index in [0.29, 0.717) is 18.4 Å². The quantitative estimate of drug-likeness (QED) is 0.621. The molecule has 160 valence electrons. The SMILES string of the molecule is CC(C)N(C)S(=O)(=O)c1ccc(CNC(=O)C23CC4CC(CC(Br)(C4)C2)C3)cc1. The Morgan fingerprint density at radius 2 is 1.76 bits per heavy atom. The lowest BCUT2D eigenvalue weighted by Crippen LogP contribution is -2.58. The summed E-state index contributed by atoms with van der Waals surface area (Å²) in [5.74, 6) is 1.51. The van der Waals surface area contributed by atoms with Crippen molar-refractivity contribution in [1.29, 1.82) is 0 Å². The van der Waals surface area contributed by atoms with Crippen molar-refractivity contribution in [1.82, 2.24) is 9.62 Å². The highest BCUT2D eigenvalue weighted by molar-refractivity contribution is 9.10. The second-order valence-corrected chi connectivity index (χ2v) is 13.5. The number of sulfonamides is 1. The largest absolute Gasteiger partial charge is 0.352 e. The third kappa shape index (κ3) is 3.90. The van der Waals surface area contributed by atoms with Gasteiger partial charge in [0.1, 0.15) is 0 Å². The van der Waals surface area contributed by atoms with Gasteiger partial charge in [-0.15, -0.1) is 0 Å². The highest BCUT2D eigenvalue weighted by atomic mass is 79.9. The molecule has 4 aliphatic rings. The van der Waals surface area contributed by atoms with Gasteiger partial charge in [-0.3, -0.25) is 4.79 Å². The van der Waals surface area contributed by atoms with Crippen molar-refractivity contribution in [2.75, 3.05) is 7.05 Å². The number of halogens is 1. The molecule has 0 heterocycles. The van der Waals surface area contributed by atoms with Gasteiger partial charge in [-0.2, -0.15) is 4.31 Å². The molecule has 1 aromatic rings. The van der Waals surface area contributed by atoms with E-state index < -0.39 is 10.0 Å². The number of carbonyl (C=O) groups is 1. The standard InChI is InChI=1S/C22H31BrN2O3S/c1-15(2)25(3)29(27,28)19-6-4-16(5-7-19)13-24-20(26)21-9-17-8-18(10-21)12-22(23,11-17)14-21/h4-7,15,17-18H,8-14H2,1-3H3,(H,24,26). The molecule has 5 nitrogen and oxygen atoms in total. The van der Waals surface area contributed by atoms with Gasteiger partial charge in [0.15, 0.2) is 0 Å². The third-order valence-electron chi connectivity index (χ3n) is 7.25. The number of amides is 1. The predicted octanol–water partition coefficient (Wildman–Crippen LogP) is 4.07. The molecule has 0 radical (unpaired) electrons. The number of alkyl halides is 1. The average Bonchev–Trinajstić information content (AvgIpc) is 2.63. The molecule has 0 spiro atoms. The van der Waals surface area contributed by atoms with Crippen LogP contribution < -0.4 is 5.32 Å². The van der Waals surface area contributed by atoms with E-state index >= 15 is 0 Å². The Hall–Kier alpha value is -0.920. The fraction of sp³-hybridized carbons (Fsp3) is 0.682. The first-order chi connectivity index (χ1) is 13.5. The second kappa shape index (κ2) is 7.34. The van der Waals surface area contributed by atoms with Crippen LogP contribution in [-0.2, 0) is 21.4 Å². The molecule has 29 heavy (non-hydrogen) atoms. The van der Waals surface area contributed by atoms with E-state index in [0.717, 1.165) is 24.8 Å². The Bertz CT molecular complexity index is 883. The van der Waals surface area contributed by atoms with Crippen LogP contribution in [0.3, 0.4) is 0 Å². The Balaban J connectivity index is 1.42. The van der Waals surface area contributed by atoms with Gasteiger partial charge < -0.3 is 5.32 Å². The normalized spacial score (nSPS) is 33.4. The highest BCUT2D eigenvalue weighted by Crippen LogP contribution is 2.64. The van der Waals surface area contributed by atoms with Crippen molar-refractivity contribution in [3.05, 3.63) is 29.8 Å². The summed E-state index contributed by atoms with van der Waals surface area (Å²) in [5, 5.41) is 3.15. The molecule has 5 rings (SSSR count). The van der Waals surface area contributed by atoms with Gasteiger partial charge in [-0.1, -0.05) is 28.1 Å². The number of rotatable bonds is 6. The summed E-state index contributed by atoms with van der Waals surface area (Å²) in [6, 6.07) is 6.76. The molecular weight excluding hydrogens is 452 g/mol. The lowest BCUT2D eigenvalue weighted by Gasteiger charge is -2.59. The fourth-order valence-corrected chi connectivity index (χ4v) is 8.83. The van der Waals surface area contributed by atoms with Crippen molar-refractivity contribution in [3.8, 4) is 0 Å². The smallest absolute Gasteiger partial charge is 0.243 e. The Morgan fingerprint density at radius 1 is 1.17 bits per heavy atom. The van der Waals surface area contributed by atoms with Crippen LogP contribution in [0.4, 0.5) is 0 Å². The lowest BCUT2D eigenvalue weighted by molar-refractivity contribution is -0.144. The van der Waals surface area contributed by atoms with Gasteiger partial charge in [0.25, 0.3) is 0 Å². The van der Waals surface area contributed by atoms with Crippen LogP contribution in [0.25, 0.3) is 0 Å². The monoisotopic (exact) mass is 482 g/mol. The van der Waals surface area contributed by atoms with Crippen molar-refractivity contribution in [2.24, 2.45) is 17.3 Å². The first-order valence-electron chi connectivity index (χ1n) is 10.6. The first kappa shape index (κ1) is 21.3. The molecule has 4 aliphatic carbocycles. The van der Waals surface area contributed by atoms with Gasteiger partial charge in [-0.25, -0.2) is 8.42 Å². The van der Waals surface area contributed by atoms with Gasteiger partial charge in [-0.05, 0) is 81.9 Å². The van der Waals surface area contributed by atoms with E-state index in [1.807, 2.05) is 13.8 Å². The number of benzene rings is 1. The van der Waals surface area contributed by atoms with Crippen molar-refractivity contribution in [3.63, 3.8) is 0 Å². The number of nitrogens with one attached hydrogen (secondary N) is 1. The molecule has 0 aliphatic heterocycles. The van der Waals surface area contributed by atoms with Crippen molar-refractivity contribution >= 4 is 31.9 Å². The Labute approximate surface area is 182 Å². The van der Waals surface area contributed by atoms with Gasteiger partial charge in [0, 0.05) is 24.0 Å². The molecule has 2 unspecified atom stereocenters. The third-order valence-corrected chi connectivity index (χ3v) is 10.2. The van der Waals surface area contributed by atoms with E-state index in [1.54, 1.807) is 31.3 Å². The van der Waals surface area contributed by atoms with Crippen molar-refractivity contribution < 1.29 is 13.2 Å². The lowest BCUT2D eigenvalue weighted by atomic mass is 9.49. The predicted molar refractivity (Wildman–Crippen MR) is 117 cm³/mol. The second-order valence-electron chi connectivity index (χ2n) is 9.83. The summed E-state index contributed by atoms with van der Waals surface area (Å²) in [5.41, 5.74) is 0.694. The Morgan fingerprint density at radius 3 is 2.28 bits per heavy atom. The maximum absolute atomic E-state index is 13.2. The average molecular weight is 483 g/mol. The minimum atomic E-state index is -3.48. The maximum atomic E-state index is 13.2. The molecule has 2 atom stereocenters. The minimum absolute atomic E-state index is 0.100. The summed E-state index contributed by atoms with van der Waals surface area (Å²) in [4.78, 5) is 13.5. The summed E-state index contributed by atoms with van der Waals surface area (Å²) < 4.78 is 26.7. The highest BCUT2D eigenvalue weighted by Gasteiger charge is 2.59. The van der Waals surface area contributed by atoms with Crippen LogP contribution in [0.5, 0.6) is 0 Å². The molecule has 4 bridgehead atoms. The topological polar surface area (TPSA) is 66.5 Å². The van der Waals surface area contributed by atoms with Gasteiger partial charge >= 0.3 is 0 Å². The van der Waals surface area contributed by atoms with Gasteiger partial charge in [0.05, 0.1) is 10.3 Å². The van der Waals surface area contributed by atoms with E-state index in [2.05, 4.69) is 21.2 Å². The zero-order chi connectivity index (χ0) is 21.0. The molecule has 7 heteroatoms. The van der Waals surface area contributed by atoms with E-state index in [4.69, 9.17) is 0 Å². The minimum Gasteiger partial charge on any atom is -0.352 e. The number of carbonyl (C=O) groups excluding carboxylic acids is 1. The van der Waals surface area contributed by atoms with Crippen LogP contribution in [0.1, 0.15) is 57.9 Å². The molecule has 1 N–H and O–H groups in total. The van der Waals surface area contributed by atoms with E-state index in [-0.39, 0.29) is 26.6 Å².